The van der Waals surface area contributed by atoms with Crippen LogP contribution < -0.4 is 5.32 Å². The molecule has 2 amide bonds. The fraction of sp³-hybridized carbons (Fsp3) is 0.412. The monoisotopic (exact) mass is 367 g/mol. The normalized spacial score (nSPS) is 20.1. The van der Waals surface area contributed by atoms with Gasteiger partial charge in [0.2, 0.25) is 0 Å². The van der Waals surface area contributed by atoms with Crippen LogP contribution in [-0.4, -0.2) is 33.7 Å². The molecule has 1 aliphatic heterocycles. The van der Waals surface area contributed by atoms with Crippen molar-refractivity contribution in [2.24, 2.45) is 0 Å². The van der Waals surface area contributed by atoms with Crippen molar-refractivity contribution in [1.82, 2.24) is 15.2 Å². The largest absolute Gasteiger partial charge is 0.391 e. The summed E-state index contributed by atoms with van der Waals surface area (Å²) in [4.78, 5) is 19.3. The third-order valence-electron chi connectivity index (χ3n) is 4.32. The number of urea groups is 1. The molecule has 0 saturated carbocycles. The molecule has 2 atom stereocenters. The number of carbonyl (C=O) groups excluding carboxylic acids is 1. The SMILES string of the molecule is Cc1nc(CNC(=O)N2C[C@@H](O)C[C@@H]2c2cc(F)ccc2F)sc1C. The Morgan fingerprint density at radius 2 is 2.20 bits per heavy atom. The van der Waals surface area contributed by atoms with Gasteiger partial charge >= 0.3 is 6.03 Å². The average Bonchev–Trinajstić information content (AvgIpc) is 3.10. The van der Waals surface area contributed by atoms with Crippen LogP contribution in [0, 0.1) is 25.5 Å². The topological polar surface area (TPSA) is 65.5 Å². The molecule has 0 spiro atoms. The molecule has 1 fully saturated rings. The summed E-state index contributed by atoms with van der Waals surface area (Å²) in [7, 11) is 0. The van der Waals surface area contributed by atoms with Crippen LogP contribution in [0.3, 0.4) is 0 Å². The first-order valence-electron chi connectivity index (χ1n) is 7.95. The number of amides is 2. The number of halogens is 2. The van der Waals surface area contributed by atoms with Crippen molar-refractivity contribution in [1.29, 1.82) is 0 Å². The number of rotatable bonds is 3. The summed E-state index contributed by atoms with van der Waals surface area (Å²) in [6.45, 7) is 4.18. The van der Waals surface area contributed by atoms with Crippen molar-refractivity contribution in [2.75, 3.05) is 6.54 Å². The van der Waals surface area contributed by atoms with E-state index in [1.807, 2.05) is 13.8 Å². The molecule has 0 bridgehead atoms. The van der Waals surface area contributed by atoms with Gasteiger partial charge in [-0.2, -0.15) is 0 Å². The van der Waals surface area contributed by atoms with Crippen molar-refractivity contribution in [2.45, 2.75) is 39.0 Å². The van der Waals surface area contributed by atoms with Crippen molar-refractivity contribution < 1.29 is 18.7 Å². The number of aliphatic hydroxyl groups excluding tert-OH is 1. The second-order valence-corrected chi connectivity index (χ2v) is 7.42. The fourth-order valence-corrected chi connectivity index (χ4v) is 3.84. The lowest BCUT2D eigenvalue weighted by Crippen LogP contribution is -2.40. The van der Waals surface area contributed by atoms with E-state index in [0.29, 0.717) is 0 Å². The number of thiazole rings is 1. The molecule has 2 heterocycles. The van der Waals surface area contributed by atoms with E-state index in [1.54, 1.807) is 0 Å². The Labute approximate surface area is 148 Å². The van der Waals surface area contributed by atoms with Gasteiger partial charge < -0.3 is 15.3 Å². The molecular formula is C17H19F2N3O2S. The van der Waals surface area contributed by atoms with Gasteiger partial charge in [0.1, 0.15) is 16.6 Å². The van der Waals surface area contributed by atoms with Crippen molar-refractivity contribution >= 4 is 17.4 Å². The predicted molar refractivity (Wildman–Crippen MR) is 90.3 cm³/mol. The number of β-amino-alcohol motifs (C(OH)–C–C–N with tert-alkyl or cyclic N) is 1. The summed E-state index contributed by atoms with van der Waals surface area (Å²) in [6, 6.07) is 2.00. The highest BCUT2D eigenvalue weighted by molar-refractivity contribution is 7.11. The molecule has 1 aliphatic rings. The molecule has 1 aromatic carbocycles. The van der Waals surface area contributed by atoms with Crippen molar-refractivity contribution in [3.63, 3.8) is 0 Å². The van der Waals surface area contributed by atoms with E-state index in [1.165, 1.54) is 16.2 Å². The van der Waals surface area contributed by atoms with Crippen LogP contribution in [0.4, 0.5) is 13.6 Å². The Morgan fingerprint density at radius 1 is 1.44 bits per heavy atom. The van der Waals surface area contributed by atoms with Crippen molar-refractivity contribution in [3.8, 4) is 0 Å². The lowest BCUT2D eigenvalue weighted by atomic mass is 10.0. The zero-order valence-electron chi connectivity index (χ0n) is 13.9. The van der Waals surface area contributed by atoms with Gasteiger partial charge in [0.15, 0.2) is 0 Å². The third kappa shape index (κ3) is 3.80. The van der Waals surface area contributed by atoms with Gasteiger partial charge in [-0.25, -0.2) is 18.6 Å². The number of aromatic nitrogens is 1. The van der Waals surface area contributed by atoms with E-state index in [2.05, 4.69) is 10.3 Å². The molecule has 5 nitrogen and oxygen atoms in total. The standard InChI is InChI=1S/C17H19F2N3O2S/c1-9-10(2)25-16(21-9)7-20-17(24)22-8-12(23)6-15(22)13-5-11(18)3-4-14(13)19/h3-5,12,15,23H,6-8H2,1-2H3,(H,20,24)/t12-,15+/m0/s1. The average molecular weight is 367 g/mol. The molecule has 0 radical (unpaired) electrons. The number of nitrogens with zero attached hydrogens (tertiary/aromatic N) is 2. The molecule has 134 valence electrons. The van der Waals surface area contributed by atoms with E-state index in [-0.39, 0.29) is 25.1 Å². The Morgan fingerprint density at radius 3 is 2.88 bits per heavy atom. The Bertz CT molecular complexity index is 777. The van der Waals surface area contributed by atoms with Gasteiger partial charge in [0.05, 0.1) is 24.4 Å². The minimum absolute atomic E-state index is 0.0718. The first-order chi connectivity index (χ1) is 11.8. The Kier molecular flexibility index (Phi) is 5.01. The van der Waals surface area contributed by atoms with Gasteiger partial charge in [-0.3, -0.25) is 0 Å². The zero-order valence-corrected chi connectivity index (χ0v) is 14.7. The molecular weight excluding hydrogens is 348 g/mol. The molecule has 1 aromatic heterocycles. The van der Waals surface area contributed by atoms with Gasteiger partial charge in [-0.15, -0.1) is 11.3 Å². The maximum absolute atomic E-state index is 14.1. The number of nitrogens with one attached hydrogen (secondary N) is 1. The van der Waals surface area contributed by atoms with Crippen LogP contribution in [0.25, 0.3) is 0 Å². The van der Waals surface area contributed by atoms with Gasteiger partial charge in [0, 0.05) is 17.0 Å². The lowest BCUT2D eigenvalue weighted by molar-refractivity contribution is 0.169. The third-order valence-corrected chi connectivity index (χ3v) is 5.39. The summed E-state index contributed by atoms with van der Waals surface area (Å²) in [5, 5.41) is 13.4. The van der Waals surface area contributed by atoms with E-state index in [9.17, 15) is 18.7 Å². The van der Waals surface area contributed by atoms with E-state index in [0.717, 1.165) is 33.8 Å². The highest BCUT2D eigenvalue weighted by Crippen LogP contribution is 2.34. The maximum Gasteiger partial charge on any atom is 0.318 e. The number of carbonyl (C=O) groups is 1. The second-order valence-electron chi connectivity index (χ2n) is 6.13. The maximum atomic E-state index is 14.1. The van der Waals surface area contributed by atoms with Gasteiger partial charge in [-0.05, 0) is 38.5 Å². The smallest absolute Gasteiger partial charge is 0.318 e. The highest BCUT2D eigenvalue weighted by Gasteiger charge is 2.36. The second kappa shape index (κ2) is 7.05. The first kappa shape index (κ1) is 17.8. The van der Waals surface area contributed by atoms with Crippen molar-refractivity contribution in [3.05, 3.63) is 51.0 Å². The van der Waals surface area contributed by atoms with Gasteiger partial charge in [0.25, 0.3) is 0 Å². The summed E-state index contributed by atoms with van der Waals surface area (Å²) in [5.41, 5.74) is 0.998. The van der Waals surface area contributed by atoms with Crippen LogP contribution >= 0.6 is 11.3 Å². The molecule has 0 unspecified atom stereocenters. The summed E-state index contributed by atoms with van der Waals surface area (Å²) < 4.78 is 27.5. The first-order valence-corrected chi connectivity index (χ1v) is 8.77. The van der Waals surface area contributed by atoms with E-state index >= 15 is 0 Å². The van der Waals surface area contributed by atoms with Crippen LogP contribution in [0.1, 0.15) is 33.6 Å². The number of likely N-dealkylation sites (tertiary alicyclic amines) is 1. The number of aryl methyl sites for hydroxylation is 2. The molecule has 2 aromatic rings. The minimum atomic E-state index is -0.775. The summed E-state index contributed by atoms with van der Waals surface area (Å²) in [6.07, 6.45) is -0.605. The number of aliphatic hydroxyl groups is 1. The number of hydrogen-bond donors (Lipinski definition) is 2. The molecule has 3 rings (SSSR count). The summed E-state index contributed by atoms with van der Waals surface area (Å²) >= 11 is 1.50. The zero-order chi connectivity index (χ0) is 18.1. The highest BCUT2D eigenvalue weighted by atomic mass is 32.1. The van der Waals surface area contributed by atoms with Gasteiger partial charge in [-0.1, -0.05) is 0 Å². The minimum Gasteiger partial charge on any atom is -0.391 e. The summed E-state index contributed by atoms with van der Waals surface area (Å²) in [5.74, 6) is -1.17. The molecule has 25 heavy (non-hydrogen) atoms. The van der Waals surface area contributed by atoms with E-state index in [4.69, 9.17) is 0 Å². The fourth-order valence-electron chi connectivity index (χ4n) is 2.97. The molecule has 8 heteroatoms. The van der Waals surface area contributed by atoms with Crippen LogP contribution in [0.15, 0.2) is 18.2 Å². The molecule has 2 N–H and O–H groups in total. The molecule has 1 saturated heterocycles. The van der Waals surface area contributed by atoms with E-state index < -0.39 is 29.8 Å². The lowest BCUT2D eigenvalue weighted by Gasteiger charge is -2.25. The van der Waals surface area contributed by atoms with Crippen LogP contribution in [0.5, 0.6) is 0 Å². The predicted octanol–water partition coefficient (Wildman–Crippen LogP) is 3.06. The quantitative estimate of drug-likeness (QED) is 0.876. The Balaban J connectivity index is 1.74. The molecule has 0 aliphatic carbocycles. The van der Waals surface area contributed by atoms with Crippen LogP contribution in [-0.2, 0) is 6.54 Å². The van der Waals surface area contributed by atoms with Crippen LogP contribution in [0.2, 0.25) is 0 Å². The number of benzene rings is 1. The number of hydrogen-bond acceptors (Lipinski definition) is 4. The Hall–Kier alpha value is -2.06.